The van der Waals surface area contributed by atoms with Gasteiger partial charge in [-0.1, -0.05) is 62.3 Å². The molecule has 0 aromatic carbocycles. The molecule has 0 unspecified atom stereocenters. The molecule has 0 saturated carbocycles. The average molecular weight is 977 g/mol. The predicted molar refractivity (Wildman–Crippen MR) is 150 cm³/mol. The third-order valence-corrected chi connectivity index (χ3v) is 6.77. The Morgan fingerprint density at radius 2 is 0.397 bits per heavy atom. The summed E-state index contributed by atoms with van der Waals surface area (Å²) < 4.78 is 258. The monoisotopic (exact) mass is 977 g/mol. The molecule has 0 aliphatic heterocycles. The van der Waals surface area contributed by atoms with Crippen LogP contribution in [-0.2, 0) is 61.5 Å². The Morgan fingerprint density at radius 3 is 0.483 bits per heavy atom. The fourth-order valence-corrected chi connectivity index (χ4v) is 2.63. The summed E-state index contributed by atoms with van der Waals surface area (Å²) in [6.07, 6.45) is -24.8. The summed E-state index contributed by atoms with van der Waals surface area (Å²) >= 11 is 0. The smallest absolute Gasteiger partial charge is 0.299 e. The zero-order chi connectivity index (χ0) is 47.6. The third-order valence-electron chi connectivity index (χ3n) is 6.77. The van der Waals surface area contributed by atoms with E-state index in [0.717, 1.165) is 0 Å². The van der Waals surface area contributed by atoms with Crippen LogP contribution in [0.15, 0.2) is 0 Å². The number of hydrogen-bond acceptors (Lipinski definition) is 6. The Hall–Kier alpha value is -2.35. The van der Waals surface area contributed by atoms with Gasteiger partial charge in [-0.05, 0) is 0 Å². The number of alkyl halides is 21. The summed E-state index contributed by atoms with van der Waals surface area (Å²) in [5, 5.41) is 0. The summed E-state index contributed by atoms with van der Waals surface area (Å²) in [7, 11) is 0. The van der Waals surface area contributed by atoms with E-state index in [2.05, 4.69) is 0 Å². The van der Waals surface area contributed by atoms with Gasteiger partial charge in [-0.15, -0.1) is 0 Å². The molecule has 0 aromatic heterocycles. The first-order chi connectivity index (χ1) is 24.1. The summed E-state index contributed by atoms with van der Waals surface area (Å²) in [6, 6.07) is 0. The van der Waals surface area contributed by atoms with Crippen LogP contribution in [0, 0.1) is 16.2 Å². The number of carbonyl (C=O) groups excluding carboxylic acids is 6. The van der Waals surface area contributed by atoms with Crippen molar-refractivity contribution in [3.8, 4) is 0 Å². The molecule has 0 aliphatic rings. The molecule has 0 rings (SSSR count). The van der Waals surface area contributed by atoms with Gasteiger partial charge in [-0.3, -0.25) is 28.8 Å². The van der Waals surface area contributed by atoms with Gasteiger partial charge < -0.3 is 0 Å². The van der Waals surface area contributed by atoms with E-state index in [1.807, 2.05) is 0 Å². The molecule has 0 saturated heterocycles. The number of rotatable bonds is 12. The molecule has 339 valence electrons. The van der Waals surface area contributed by atoms with Crippen LogP contribution in [0.25, 0.3) is 0 Å². The van der Waals surface area contributed by atoms with Crippen LogP contribution in [0.3, 0.4) is 0 Å². The van der Waals surface area contributed by atoms with Crippen LogP contribution in [-0.4, -0.2) is 88.8 Å². The number of carbonyl (C=O) groups is 6. The van der Waals surface area contributed by atoms with Gasteiger partial charge in [0.1, 0.15) is 17.3 Å². The maximum Gasteiger partial charge on any atom is 0.460 e. The molecule has 6 nitrogen and oxygen atoms in total. The Labute approximate surface area is 339 Å². The Bertz CT molecular complexity index is 1310. The predicted octanol–water partition coefficient (Wildman–Crippen LogP) is 10.2. The Kier molecular flexibility index (Phi) is 20.6. The fourth-order valence-electron chi connectivity index (χ4n) is 2.63. The quantitative estimate of drug-likeness (QED) is 0.143. The van der Waals surface area contributed by atoms with E-state index in [4.69, 9.17) is 0 Å². The van der Waals surface area contributed by atoms with Crippen molar-refractivity contribution in [2.75, 3.05) is 0 Å². The SMILES string of the molecule is CC(C)(C)C(=O)CC(=O)C(F)(F)C(F)(F)C(F)(F)F.CC(C)(C)C(=O)CC(=O)C(F)(F)C(F)(F)C(F)(F)F.CC(C)(C)C(=O)CC(=O)C(F)(F)C(F)(F)C(F)(F)F.[Y]. The topological polar surface area (TPSA) is 102 Å². The molecular formula is C30H33F21O6Y. The molecular weight excluding hydrogens is 944 g/mol. The van der Waals surface area contributed by atoms with Crippen molar-refractivity contribution in [1.82, 2.24) is 0 Å². The van der Waals surface area contributed by atoms with E-state index in [0.29, 0.717) is 0 Å². The van der Waals surface area contributed by atoms with Crippen LogP contribution in [0.2, 0.25) is 0 Å². The molecule has 0 spiro atoms. The summed E-state index contributed by atoms with van der Waals surface area (Å²) in [5.74, 6) is -49.2. The minimum Gasteiger partial charge on any atom is -0.299 e. The van der Waals surface area contributed by atoms with Gasteiger partial charge in [0.25, 0.3) is 0 Å². The molecule has 0 aliphatic carbocycles. The van der Waals surface area contributed by atoms with E-state index < -0.39 is 124 Å². The molecule has 0 heterocycles. The molecule has 0 amide bonds. The molecule has 58 heavy (non-hydrogen) atoms. The number of halogens is 21. The van der Waals surface area contributed by atoms with Crippen molar-refractivity contribution in [2.45, 2.75) is 136 Å². The second-order valence-electron chi connectivity index (χ2n) is 14.8. The van der Waals surface area contributed by atoms with Crippen LogP contribution in [0.4, 0.5) is 92.2 Å². The maximum atomic E-state index is 12.9. The standard InChI is InChI=1S/3C10H11F7O2.Y/c3*1-7(2,3)5(18)4-6(19)8(11,12)9(13,14)10(15,16)17;/h3*4H2,1-3H3;. The van der Waals surface area contributed by atoms with E-state index >= 15 is 0 Å². The maximum absolute atomic E-state index is 12.9. The first-order valence-electron chi connectivity index (χ1n) is 14.8. The minimum atomic E-state index is -6.59. The average Bonchev–Trinajstić information content (AvgIpc) is 2.93. The van der Waals surface area contributed by atoms with Crippen LogP contribution >= 0.6 is 0 Å². The van der Waals surface area contributed by atoms with E-state index in [1.54, 1.807) is 0 Å². The molecule has 0 fully saturated rings. The van der Waals surface area contributed by atoms with Gasteiger partial charge in [0.15, 0.2) is 0 Å². The van der Waals surface area contributed by atoms with Crippen LogP contribution in [0.1, 0.15) is 81.6 Å². The molecule has 0 atom stereocenters. The zero-order valence-electron chi connectivity index (χ0n) is 31.1. The van der Waals surface area contributed by atoms with Gasteiger partial charge in [-0.25, -0.2) is 0 Å². The number of ketones is 6. The fraction of sp³-hybridized carbons (Fsp3) is 0.800. The van der Waals surface area contributed by atoms with Crippen LogP contribution in [0.5, 0.6) is 0 Å². The number of Topliss-reactive ketones (excluding diaryl/α,β-unsaturated/α-hetero) is 6. The second-order valence-corrected chi connectivity index (χ2v) is 14.8. The van der Waals surface area contributed by atoms with Gasteiger partial charge in [0.05, 0.1) is 19.3 Å². The molecule has 0 N–H and O–H groups in total. The molecule has 0 bridgehead atoms. The van der Waals surface area contributed by atoms with E-state index in [1.165, 1.54) is 62.3 Å². The van der Waals surface area contributed by atoms with Crippen molar-refractivity contribution in [3.05, 3.63) is 0 Å². The van der Waals surface area contributed by atoms with Crippen LogP contribution < -0.4 is 0 Å². The first kappa shape index (κ1) is 62.3. The summed E-state index contributed by atoms with van der Waals surface area (Å²) in [4.78, 5) is 66.2. The minimum absolute atomic E-state index is 0. The van der Waals surface area contributed by atoms with Gasteiger partial charge in [0, 0.05) is 49.0 Å². The normalized spacial score (nSPS) is 14.2. The molecule has 1 radical (unpaired) electrons. The van der Waals surface area contributed by atoms with Crippen molar-refractivity contribution >= 4 is 34.7 Å². The number of hydrogen-bond donors (Lipinski definition) is 0. The van der Waals surface area contributed by atoms with Crippen molar-refractivity contribution < 1.29 is 154 Å². The Morgan fingerprint density at radius 1 is 0.276 bits per heavy atom. The van der Waals surface area contributed by atoms with E-state index in [9.17, 15) is 121 Å². The molecule has 0 aromatic rings. The van der Waals surface area contributed by atoms with E-state index in [-0.39, 0.29) is 32.7 Å². The molecule has 28 heteroatoms. The largest absolute Gasteiger partial charge is 0.460 e. The van der Waals surface area contributed by atoms with Crippen molar-refractivity contribution in [1.29, 1.82) is 0 Å². The van der Waals surface area contributed by atoms with Gasteiger partial charge >= 0.3 is 54.1 Å². The first-order valence-corrected chi connectivity index (χ1v) is 14.8. The van der Waals surface area contributed by atoms with Gasteiger partial charge in [-0.2, -0.15) is 92.2 Å². The summed E-state index contributed by atoms with van der Waals surface area (Å²) in [5.41, 5.74) is -3.92. The Balaban J connectivity index is -0.000000374. The summed E-state index contributed by atoms with van der Waals surface area (Å²) in [6.45, 7) is 10.9. The van der Waals surface area contributed by atoms with Crippen molar-refractivity contribution in [2.24, 2.45) is 16.2 Å². The zero-order valence-corrected chi connectivity index (χ0v) is 33.9. The third kappa shape index (κ3) is 15.0. The van der Waals surface area contributed by atoms with Gasteiger partial charge in [0.2, 0.25) is 17.3 Å². The van der Waals surface area contributed by atoms with Crippen molar-refractivity contribution in [3.63, 3.8) is 0 Å². The second kappa shape index (κ2) is 19.1.